The van der Waals surface area contributed by atoms with E-state index >= 15 is 0 Å². The fraction of sp³-hybridized carbons (Fsp3) is 0.0870. The number of amides is 2. The minimum atomic E-state index is -0.394. The second kappa shape index (κ2) is 5.99. The Balaban J connectivity index is 1.66. The van der Waals surface area contributed by atoms with Gasteiger partial charge in [-0.3, -0.25) is 19.9 Å². The van der Waals surface area contributed by atoms with Crippen LogP contribution in [-0.4, -0.2) is 24.1 Å². The van der Waals surface area contributed by atoms with E-state index in [0.29, 0.717) is 16.9 Å². The number of rotatable bonds is 2. The highest BCUT2D eigenvalue weighted by Gasteiger charge is 2.37. The Morgan fingerprint density at radius 3 is 2.72 bits per heavy atom. The highest BCUT2D eigenvalue weighted by Crippen LogP contribution is 2.39. The summed E-state index contributed by atoms with van der Waals surface area (Å²) in [5, 5.41) is 5.55. The maximum atomic E-state index is 12.9. The van der Waals surface area contributed by atoms with Crippen molar-refractivity contribution in [3.05, 3.63) is 82.5 Å². The number of nitrogens with zero attached hydrogens (tertiary/aromatic N) is 2. The van der Waals surface area contributed by atoms with Gasteiger partial charge in [-0.05, 0) is 28.8 Å². The van der Waals surface area contributed by atoms with Gasteiger partial charge in [0.15, 0.2) is 0 Å². The zero-order chi connectivity index (χ0) is 19.5. The van der Waals surface area contributed by atoms with Gasteiger partial charge in [0.05, 0.1) is 22.5 Å². The van der Waals surface area contributed by atoms with Crippen LogP contribution in [-0.2, 0) is 16.0 Å². The Bertz CT molecular complexity index is 1330. The standard InChI is InChI=1S/C23H15N3O2S/c27-22-17(15-5-2-4-14-8-12-29-21(14)15)18(23(28)25-22)19-16-6-1-3-13-7-10-26(20(13)16)11-9-24-19/h1-6,8-9,11-12H,7,10H2,(H,25,27,28). The average Bonchev–Trinajstić information content (AvgIpc) is 3.39. The van der Waals surface area contributed by atoms with E-state index in [4.69, 9.17) is 0 Å². The van der Waals surface area contributed by atoms with E-state index < -0.39 is 5.91 Å². The monoisotopic (exact) mass is 397 g/mol. The van der Waals surface area contributed by atoms with E-state index in [9.17, 15) is 9.59 Å². The summed E-state index contributed by atoms with van der Waals surface area (Å²) in [5.41, 5.74) is 5.27. The van der Waals surface area contributed by atoms with Crippen molar-refractivity contribution in [1.29, 1.82) is 0 Å². The summed E-state index contributed by atoms with van der Waals surface area (Å²) in [6, 6.07) is 13.9. The molecule has 5 nitrogen and oxygen atoms in total. The molecule has 140 valence electrons. The summed E-state index contributed by atoms with van der Waals surface area (Å²) in [4.78, 5) is 32.6. The van der Waals surface area contributed by atoms with Crippen LogP contribution in [0.1, 0.15) is 16.7 Å². The van der Waals surface area contributed by atoms with E-state index in [2.05, 4.69) is 21.3 Å². The molecule has 0 aliphatic carbocycles. The molecule has 2 aromatic carbocycles. The molecule has 3 aliphatic heterocycles. The van der Waals surface area contributed by atoms with Crippen LogP contribution in [0.5, 0.6) is 0 Å². The number of anilines is 1. The topological polar surface area (TPSA) is 61.8 Å². The number of thiophene rings is 1. The van der Waals surface area contributed by atoms with Crippen LogP contribution >= 0.6 is 11.3 Å². The van der Waals surface area contributed by atoms with Crippen LogP contribution < -0.4 is 10.2 Å². The lowest BCUT2D eigenvalue weighted by Crippen LogP contribution is -2.25. The molecule has 6 rings (SSSR count). The van der Waals surface area contributed by atoms with Gasteiger partial charge in [-0.1, -0.05) is 36.4 Å². The molecule has 1 N–H and O–H groups in total. The molecule has 2 amide bonds. The average molecular weight is 397 g/mol. The van der Waals surface area contributed by atoms with Crippen molar-refractivity contribution in [2.24, 2.45) is 4.99 Å². The number of carbonyl (C=O) groups excluding carboxylic acids is 2. The SMILES string of the molecule is O=C1NC(=O)C(c2cccc3ccsc23)=C1C1=NC=CN2CCc3cccc1c32. The number of aliphatic imine (C=N–C) groups is 1. The second-order valence-electron chi connectivity index (χ2n) is 7.21. The lowest BCUT2D eigenvalue weighted by Gasteiger charge is -2.17. The number of carbonyl (C=O) groups is 2. The maximum absolute atomic E-state index is 12.9. The first-order valence-corrected chi connectivity index (χ1v) is 10.3. The summed E-state index contributed by atoms with van der Waals surface area (Å²) in [6.07, 6.45) is 4.61. The third kappa shape index (κ3) is 2.29. The molecule has 0 saturated heterocycles. The van der Waals surface area contributed by atoms with Crippen LogP contribution in [0.3, 0.4) is 0 Å². The quantitative estimate of drug-likeness (QED) is 0.672. The van der Waals surface area contributed by atoms with Gasteiger partial charge >= 0.3 is 0 Å². The Hall–Kier alpha value is -3.51. The Morgan fingerprint density at radius 1 is 0.966 bits per heavy atom. The Kier molecular flexibility index (Phi) is 3.40. The summed E-state index contributed by atoms with van der Waals surface area (Å²) in [7, 11) is 0. The number of benzene rings is 2. The van der Waals surface area contributed by atoms with Crippen molar-refractivity contribution in [2.75, 3.05) is 11.4 Å². The van der Waals surface area contributed by atoms with Gasteiger partial charge in [0.25, 0.3) is 11.8 Å². The fourth-order valence-electron chi connectivity index (χ4n) is 4.41. The maximum Gasteiger partial charge on any atom is 0.261 e. The summed E-state index contributed by atoms with van der Waals surface area (Å²) in [6.45, 7) is 0.886. The van der Waals surface area contributed by atoms with Crippen molar-refractivity contribution < 1.29 is 9.59 Å². The smallest absolute Gasteiger partial charge is 0.261 e. The number of hydrogen-bond acceptors (Lipinski definition) is 5. The van der Waals surface area contributed by atoms with Crippen molar-refractivity contribution in [3.63, 3.8) is 0 Å². The molecule has 0 spiro atoms. The minimum Gasteiger partial charge on any atom is -0.345 e. The van der Waals surface area contributed by atoms with E-state index in [1.807, 2.05) is 48.0 Å². The van der Waals surface area contributed by atoms with Crippen LogP contribution in [0.4, 0.5) is 5.69 Å². The number of fused-ring (bicyclic) bond motifs is 1. The van der Waals surface area contributed by atoms with E-state index in [0.717, 1.165) is 39.9 Å². The zero-order valence-corrected chi connectivity index (χ0v) is 16.1. The van der Waals surface area contributed by atoms with Crippen LogP contribution in [0.25, 0.3) is 15.7 Å². The predicted octanol–water partition coefficient (Wildman–Crippen LogP) is 3.65. The number of imide groups is 1. The molecule has 3 aromatic rings. The van der Waals surface area contributed by atoms with Gasteiger partial charge in [-0.2, -0.15) is 0 Å². The first kappa shape index (κ1) is 16.4. The van der Waals surface area contributed by atoms with Gasteiger partial charge in [-0.15, -0.1) is 11.3 Å². The van der Waals surface area contributed by atoms with Crippen LogP contribution in [0.2, 0.25) is 0 Å². The lowest BCUT2D eigenvalue weighted by atomic mass is 9.92. The lowest BCUT2D eigenvalue weighted by molar-refractivity contribution is -0.123. The molecule has 0 unspecified atom stereocenters. The van der Waals surface area contributed by atoms with Gasteiger partial charge in [0, 0.05) is 34.8 Å². The normalized spacial score (nSPS) is 17.7. The molecule has 0 saturated carbocycles. The van der Waals surface area contributed by atoms with Crippen molar-refractivity contribution in [2.45, 2.75) is 6.42 Å². The van der Waals surface area contributed by atoms with E-state index in [-0.39, 0.29) is 5.91 Å². The molecular weight excluding hydrogens is 382 g/mol. The molecule has 0 radical (unpaired) electrons. The van der Waals surface area contributed by atoms with Crippen molar-refractivity contribution in [1.82, 2.24) is 5.32 Å². The molecule has 6 heteroatoms. The summed E-state index contributed by atoms with van der Waals surface area (Å²) >= 11 is 1.57. The zero-order valence-electron chi connectivity index (χ0n) is 15.3. The predicted molar refractivity (Wildman–Crippen MR) is 115 cm³/mol. The third-order valence-electron chi connectivity index (χ3n) is 5.65. The van der Waals surface area contributed by atoms with Crippen LogP contribution in [0.15, 0.2) is 70.8 Å². The summed E-state index contributed by atoms with van der Waals surface area (Å²) in [5.74, 6) is -0.763. The van der Waals surface area contributed by atoms with Crippen molar-refractivity contribution in [3.8, 4) is 0 Å². The largest absolute Gasteiger partial charge is 0.345 e. The first-order valence-electron chi connectivity index (χ1n) is 9.42. The van der Waals surface area contributed by atoms with Gasteiger partial charge in [-0.25, -0.2) is 0 Å². The minimum absolute atomic E-state index is 0.350. The third-order valence-corrected chi connectivity index (χ3v) is 6.61. The first-order chi connectivity index (χ1) is 14.2. The fourth-order valence-corrected chi connectivity index (χ4v) is 5.33. The van der Waals surface area contributed by atoms with Gasteiger partial charge in [0.2, 0.25) is 0 Å². The molecular formula is C23H15N3O2S. The molecule has 4 heterocycles. The molecule has 0 atom stereocenters. The van der Waals surface area contributed by atoms with E-state index in [1.165, 1.54) is 5.56 Å². The Labute approximate surface area is 170 Å². The van der Waals surface area contributed by atoms with E-state index in [1.54, 1.807) is 17.5 Å². The highest BCUT2D eigenvalue weighted by molar-refractivity contribution is 7.17. The highest BCUT2D eigenvalue weighted by atomic mass is 32.1. The molecule has 3 aliphatic rings. The number of para-hydroxylation sites is 1. The van der Waals surface area contributed by atoms with Gasteiger partial charge in [0.1, 0.15) is 0 Å². The Morgan fingerprint density at radius 2 is 1.79 bits per heavy atom. The molecule has 0 bridgehead atoms. The number of nitrogens with one attached hydrogen (secondary N) is 1. The number of hydrogen-bond donors (Lipinski definition) is 1. The molecule has 1 aromatic heterocycles. The van der Waals surface area contributed by atoms with Crippen LogP contribution in [0, 0.1) is 0 Å². The van der Waals surface area contributed by atoms with Crippen molar-refractivity contribution >= 4 is 50.2 Å². The summed E-state index contributed by atoms with van der Waals surface area (Å²) < 4.78 is 0.995. The van der Waals surface area contributed by atoms with Gasteiger partial charge < -0.3 is 4.90 Å². The molecule has 29 heavy (non-hydrogen) atoms. The molecule has 0 fully saturated rings. The second-order valence-corrected chi connectivity index (χ2v) is 8.13.